The predicted molar refractivity (Wildman–Crippen MR) is 328 cm³/mol. The van der Waals surface area contributed by atoms with Gasteiger partial charge in [0.25, 0.3) is 6.71 Å². The average Bonchev–Trinajstić information content (AvgIpc) is 4.16. The molecule has 1 spiro atoms. The molecule has 10 aromatic rings. The summed E-state index contributed by atoms with van der Waals surface area (Å²) in [7, 11) is 0. The van der Waals surface area contributed by atoms with Gasteiger partial charge in [0.1, 0.15) is 0 Å². The smallest absolute Gasteiger partial charge is 0.252 e. The summed E-state index contributed by atoms with van der Waals surface area (Å²) in [5.41, 5.74) is 30.4. The van der Waals surface area contributed by atoms with Crippen LogP contribution in [0.4, 0.5) is 0 Å². The van der Waals surface area contributed by atoms with Crippen LogP contribution in [-0.2, 0) is 37.9 Å². The highest BCUT2D eigenvalue weighted by molar-refractivity contribution is 7.00. The summed E-state index contributed by atoms with van der Waals surface area (Å²) in [4.78, 5) is 0. The summed E-state index contributed by atoms with van der Waals surface area (Å²) in [6, 6.07) is 52.5. The first-order valence-electron chi connectivity index (χ1n) is 28.4. The van der Waals surface area contributed by atoms with Crippen LogP contribution >= 0.6 is 0 Å². The van der Waals surface area contributed by atoms with Crippen LogP contribution in [0, 0.1) is 0 Å². The SMILES string of the molecule is CC(C)(C)c1cc(-c2cc3c4c5c2-n2c6ccc(C(C)(C)C)cc6c6cc(C(C)(C)C)cc(c62)B5c2cc(C(C)(C)C)cc5c6cc(C(C)(C)C)cc(c6n-4c25)C32c3ccccc3-c3ccccc32)cc(C(C)(C)C)c1. The molecule has 0 bridgehead atoms. The minimum absolute atomic E-state index is 0.0199. The van der Waals surface area contributed by atoms with Gasteiger partial charge in [0.05, 0.1) is 22.1 Å². The number of hydrogen-bond acceptors (Lipinski definition) is 0. The number of fused-ring (bicyclic) bond motifs is 14. The molecule has 2 aromatic heterocycles. The first kappa shape index (κ1) is 47.8. The fourth-order valence-electron chi connectivity index (χ4n) is 14.5. The lowest BCUT2D eigenvalue weighted by Crippen LogP contribution is -2.61. The Morgan fingerprint density at radius 2 is 0.763 bits per heavy atom. The Morgan fingerprint density at radius 3 is 1.28 bits per heavy atom. The molecule has 0 fully saturated rings. The normalized spacial score (nSPS) is 15.3. The highest BCUT2D eigenvalue weighted by atomic mass is 15.1. The predicted octanol–water partition coefficient (Wildman–Crippen LogP) is 17.2. The quantitative estimate of drug-likeness (QED) is 0.145. The van der Waals surface area contributed by atoms with E-state index >= 15 is 0 Å². The molecule has 0 unspecified atom stereocenters. The molecule has 0 amide bonds. The molecule has 1 aliphatic carbocycles. The summed E-state index contributed by atoms with van der Waals surface area (Å²) in [6.07, 6.45) is 0. The average molecular weight is 991 g/mol. The van der Waals surface area contributed by atoms with Crippen LogP contribution in [0.2, 0.25) is 0 Å². The van der Waals surface area contributed by atoms with E-state index < -0.39 is 5.41 Å². The Balaban J connectivity index is 1.32. The molecule has 0 N–H and O–H groups in total. The monoisotopic (exact) mass is 991 g/mol. The number of hydrogen-bond donors (Lipinski definition) is 0. The van der Waals surface area contributed by atoms with Gasteiger partial charge in [-0.25, -0.2) is 0 Å². The van der Waals surface area contributed by atoms with E-state index in [2.05, 4.69) is 261 Å². The number of rotatable bonds is 1. The van der Waals surface area contributed by atoms with Crippen molar-refractivity contribution in [1.29, 1.82) is 0 Å². The van der Waals surface area contributed by atoms with Crippen LogP contribution < -0.4 is 16.4 Å². The molecule has 380 valence electrons. The fourth-order valence-corrected chi connectivity index (χ4v) is 14.5. The van der Waals surface area contributed by atoms with Crippen molar-refractivity contribution in [1.82, 2.24) is 9.13 Å². The van der Waals surface area contributed by atoms with Crippen molar-refractivity contribution in [3.63, 3.8) is 0 Å². The van der Waals surface area contributed by atoms with Gasteiger partial charge < -0.3 is 9.13 Å². The fraction of sp³-hybridized carbons (Fsp3) is 0.342. The van der Waals surface area contributed by atoms with Crippen LogP contribution in [0.3, 0.4) is 0 Å². The lowest BCUT2D eigenvalue weighted by atomic mass is 9.33. The zero-order chi connectivity index (χ0) is 53.7. The van der Waals surface area contributed by atoms with Crippen LogP contribution in [-0.4, -0.2) is 15.8 Å². The summed E-state index contributed by atoms with van der Waals surface area (Å²) in [6.45, 7) is 43.2. The van der Waals surface area contributed by atoms with Crippen molar-refractivity contribution in [3.05, 3.63) is 183 Å². The molecule has 8 aromatic carbocycles. The minimum Gasteiger partial charge on any atom is -0.310 e. The molecular formula is C73H75BN2. The zero-order valence-electron chi connectivity index (χ0n) is 48.6. The van der Waals surface area contributed by atoms with Crippen molar-refractivity contribution < 1.29 is 0 Å². The molecule has 14 rings (SSSR count). The Morgan fingerprint density at radius 1 is 0.329 bits per heavy atom. The Kier molecular flexibility index (Phi) is 9.13. The van der Waals surface area contributed by atoms with Crippen LogP contribution in [0.25, 0.3) is 77.2 Å². The van der Waals surface area contributed by atoms with Gasteiger partial charge >= 0.3 is 0 Å². The number of nitrogens with zero attached hydrogens (tertiary/aromatic N) is 2. The maximum absolute atomic E-state index is 2.82. The third-order valence-corrected chi connectivity index (χ3v) is 18.7. The van der Waals surface area contributed by atoms with Gasteiger partial charge in [-0.05, 0) is 158 Å². The summed E-state index contributed by atoms with van der Waals surface area (Å²) in [5.74, 6) is 0. The largest absolute Gasteiger partial charge is 0.310 e. The van der Waals surface area contributed by atoms with Crippen molar-refractivity contribution in [3.8, 4) is 33.6 Å². The first-order chi connectivity index (χ1) is 35.5. The zero-order valence-corrected chi connectivity index (χ0v) is 48.6. The van der Waals surface area contributed by atoms with E-state index in [9.17, 15) is 0 Å². The van der Waals surface area contributed by atoms with Crippen molar-refractivity contribution >= 4 is 66.7 Å². The van der Waals surface area contributed by atoms with Gasteiger partial charge in [-0.2, -0.15) is 0 Å². The third-order valence-electron chi connectivity index (χ3n) is 18.7. The lowest BCUT2D eigenvalue weighted by molar-refractivity contribution is 0.569. The van der Waals surface area contributed by atoms with Crippen LogP contribution in [0.1, 0.15) is 180 Å². The molecule has 0 saturated heterocycles. The standard InChI is InChI=1S/C73H75BN2/c1-67(2,3)41-27-28-60-50(32-41)51-34-45(71(13,14)15)37-58-63(51)75(60)65-49(40-29-42(68(4,5)6)31-43(30-40)69(7,8)9)39-57-66-61(65)74(58)59-38-46(72(16,17)18)35-53-52-33-44(70(10,11)12)36-56(62(52)76(66)64(53)59)73(57)54-25-21-19-23-47(54)48-24-20-22-26-55(48)73/h19-39H,1-18H3. The Bertz CT molecular complexity index is 4190. The molecule has 76 heavy (non-hydrogen) atoms. The van der Waals surface area contributed by atoms with E-state index in [4.69, 9.17) is 0 Å². The Hall–Kier alpha value is -6.58. The number of benzene rings is 8. The van der Waals surface area contributed by atoms with E-state index in [0.717, 1.165) is 0 Å². The number of aromatic nitrogens is 2. The van der Waals surface area contributed by atoms with Gasteiger partial charge in [0.15, 0.2) is 0 Å². The molecule has 0 saturated carbocycles. The van der Waals surface area contributed by atoms with E-state index in [1.807, 2.05) is 0 Å². The Labute approximate surface area is 452 Å². The molecular weight excluding hydrogens is 916 g/mol. The van der Waals surface area contributed by atoms with Crippen molar-refractivity contribution in [2.24, 2.45) is 0 Å². The maximum atomic E-state index is 2.82. The maximum Gasteiger partial charge on any atom is 0.252 e. The van der Waals surface area contributed by atoms with Crippen molar-refractivity contribution in [2.75, 3.05) is 0 Å². The third kappa shape index (κ3) is 6.12. The van der Waals surface area contributed by atoms with Gasteiger partial charge in [-0.3, -0.25) is 0 Å². The molecule has 3 aliphatic heterocycles. The topological polar surface area (TPSA) is 9.86 Å². The van der Waals surface area contributed by atoms with E-state index in [-0.39, 0.29) is 39.2 Å². The highest BCUT2D eigenvalue weighted by Gasteiger charge is 2.55. The molecule has 0 radical (unpaired) electrons. The van der Waals surface area contributed by atoms with Crippen LogP contribution in [0.15, 0.2) is 127 Å². The summed E-state index contributed by atoms with van der Waals surface area (Å²) < 4.78 is 5.60. The molecule has 3 heteroatoms. The second-order valence-electron chi connectivity index (χ2n) is 29.9. The van der Waals surface area contributed by atoms with E-state index in [1.165, 1.54) is 149 Å². The molecule has 4 aliphatic rings. The van der Waals surface area contributed by atoms with Gasteiger partial charge in [0, 0.05) is 43.8 Å². The molecule has 5 heterocycles. The second kappa shape index (κ2) is 14.5. The minimum atomic E-state index is -0.622. The first-order valence-corrected chi connectivity index (χ1v) is 28.4. The van der Waals surface area contributed by atoms with Gasteiger partial charge in [-0.15, -0.1) is 0 Å². The highest BCUT2D eigenvalue weighted by Crippen LogP contribution is 2.63. The van der Waals surface area contributed by atoms with Gasteiger partial charge in [-0.1, -0.05) is 216 Å². The van der Waals surface area contributed by atoms with Crippen LogP contribution in [0.5, 0.6) is 0 Å². The van der Waals surface area contributed by atoms with E-state index in [0.29, 0.717) is 0 Å². The molecule has 0 atom stereocenters. The van der Waals surface area contributed by atoms with Gasteiger partial charge in [0.2, 0.25) is 0 Å². The summed E-state index contributed by atoms with van der Waals surface area (Å²) in [5, 5.41) is 5.45. The van der Waals surface area contributed by atoms with Crippen molar-refractivity contribution in [2.45, 2.75) is 163 Å². The second-order valence-corrected chi connectivity index (χ2v) is 29.9. The lowest BCUT2D eigenvalue weighted by Gasteiger charge is -2.45. The van der Waals surface area contributed by atoms with E-state index in [1.54, 1.807) is 0 Å². The molecule has 2 nitrogen and oxygen atoms in total. The summed E-state index contributed by atoms with van der Waals surface area (Å²) >= 11 is 0.